The van der Waals surface area contributed by atoms with Crippen molar-refractivity contribution in [2.75, 3.05) is 13.2 Å². The van der Waals surface area contributed by atoms with Crippen LogP contribution in [-0.2, 0) is 19.6 Å². The zero-order valence-corrected chi connectivity index (χ0v) is 22.0. The van der Waals surface area contributed by atoms with Gasteiger partial charge in [-0.05, 0) is 32.4 Å². The summed E-state index contributed by atoms with van der Waals surface area (Å²) < 4.78 is 8.42. The van der Waals surface area contributed by atoms with Crippen LogP contribution in [0, 0.1) is 0 Å². The summed E-state index contributed by atoms with van der Waals surface area (Å²) in [4.78, 5) is 7.83. The molecule has 188 valence electrons. The van der Waals surface area contributed by atoms with Crippen molar-refractivity contribution in [3.63, 3.8) is 0 Å². The highest BCUT2D eigenvalue weighted by atomic mass is 16.5. The number of unbranched alkanes of at least 4 members (excludes halogenated alkanes) is 1. The molecule has 0 saturated heterocycles. The highest BCUT2D eigenvalue weighted by Crippen LogP contribution is 2.31. The standard InChI is InChI=1S/C32H39N3O/c1-4-7-23-34(24-28-20-14-15-21-30(28)36-6-3)25-29-31(26-16-10-8-11-17-26)33-32(35(29)22-5-2)27-18-12-9-13-19-27/h8-21H,4-7,22-25H2,1-3H3. The van der Waals surface area contributed by atoms with E-state index in [2.05, 4.69) is 108 Å². The SMILES string of the molecule is CCCCN(Cc1ccccc1OCC)Cc1c(-c2ccccc2)nc(-c2ccccc2)n1CCC. The van der Waals surface area contributed by atoms with Gasteiger partial charge in [0, 0.05) is 36.3 Å². The molecule has 4 nitrogen and oxygen atoms in total. The monoisotopic (exact) mass is 481 g/mol. The van der Waals surface area contributed by atoms with Gasteiger partial charge < -0.3 is 9.30 Å². The van der Waals surface area contributed by atoms with Gasteiger partial charge in [0.25, 0.3) is 0 Å². The smallest absolute Gasteiger partial charge is 0.140 e. The molecule has 0 fully saturated rings. The van der Waals surface area contributed by atoms with Gasteiger partial charge in [0.05, 0.1) is 18.0 Å². The lowest BCUT2D eigenvalue weighted by atomic mass is 10.1. The Morgan fingerprint density at radius 2 is 1.42 bits per heavy atom. The summed E-state index contributed by atoms with van der Waals surface area (Å²) in [6, 6.07) is 29.7. The van der Waals surface area contributed by atoms with Crippen LogP contribution in [0.4, 0.5) is 0 Å². The van der Waals surface area contributed by atoms with Gasteiger partial charge in [-0.3, -0.25) is 4.90 Å². The molecule has 3 aromatic carbocycles. The number of nitrogens with zero attached hydrogens (tertiary/aromatic N) is 3. The van der Waals surface area contributed by atoms with Crippen molar-refractivity contribution in [2.45, 2.75) is 59.7 Å². The fourth-order valence-electron chi connectivity index (χ4n) is 4.73. The number of benzene rings is 3. The van der Waals surface area contributed by atoms with Crippen LogP contribution in [0.1, 0.15) is 51.3 Å². The molecule has 0 spiro atoms. The summed E-state index contributed by atoms with van der Waals surface area (Å²) in [7, 11) is 0. The van der Waals surface area contributed by atoms with Crippen LogP contribution >= 0.6 is 0 Å². The Kier molecular flexibility index (Phi) is 9.34. The number of ether oxygens (including phenoxy) is 1. The summed E-state index contributed by atoms with van der Waals surface area (Å²) in [6.07, 6.45) is 3.38. The van der Waals surface area contributed by atoms with E-state index < -0.39 is 0 Å². The molecule has 0 saturated carbocycles. The van der Waals surface area contributed by atoms with Crippen LogP contribution in [0.2, 0.25) is 0 Å². The lowest BCUT2D eigenvalue weighted by Gasteiger charge is -2.25. The van der Waals surface area contributed by atoms with Gasteiger partial charge >= 0.3 is 0 Å². The van der Waals surface area contributed by atoms with E-state index in [9.17, 15) is 0 Å². The zero-order valence-electron chi connectivity index (χ0n) is 22.0. The lowest BCUT2D eigenvalue weighted by Crippen LogP contribution is -2.26. The molecule has 0 N–H and O–H groups in total. The topological polar surface area (TPSA) is 30.3 Å². The normalized spacial score (nSPS) is 11.2. The van der Waals surface area contributed by atoms with Gasteiger partial charge in [-0.15, -0.1) is 0 Å². The van der Waals surface area contributed by atoms with Crippen molar-refractivity contribution in [3.8, 4) is 28.4 Å². The van der Waals surface area contributed by atoms with E-state index in [-0.39, 0.29) is 0 Å². The van der Waals surface area contributed by atoms with Gasteiger partial charge in [0.1, 0.15) is 11.6 Å². The third-order valence-corrected chi connectivity index (χ3v) is 6.47. The van der Waals surface area contributed by atoms with E-state index in [1.807, 2.05) is 6.92 Å². The average Bonchev–Trinajstić information content (AvgIpc) is 3.27. The summed E-state index contributed by atoms with van der Waals surface area (Å²) in [6.45, 7) is 10.9. The predicted octanol–water partition coefficient (Wildman–Crippen LogP) is 7.83. The molecule has 0 bridgehead atoms. The molecular weight excluding hydrogens is 442 g/mol. The Balaban J connectivity index is 1.78. The van der Waals surface area contributed by atoms with Crippen LogP contribution in [0.5, 0.6) is 5.75 Å². The molecule has 0 amide bonds. The Morgan fingerprint density at radius 1 is 0.750 bits per heavy atom. The third kappa shape index (κ3) is 6.24. The molecule has 4 heteroatoms. The number of aromatic nitrogens is 2. The highest BCUT2D eigenvalue weighted by molar-refractivity contribution is 5.68. The van der Waals surface area contributed by atoms with Gasteiger partial charge in [-0.25, -0.2) is 4.98 Å². The minimum absolute atomic E-state index is 0.674. The predicted molar refractivity (Wildman–Crippen MR) is 150 cm³/mol. The molecule has 1 heterocycles. The Labute approximate surface area is 216 Å². The molecule has 36 heavy (non-hydrogen) atoms. The van der Waals surface area contributed by atoms with Crippen LogP contribution in [-0.4, -0.2) is 27.6 Å². The van der Waals surface area contributed by atoms with Crippen LogP contribution in [0.15, 0.2) is 84.9 Å². The average molecular weight is 482 g/mol. The summed E-state index contributed by atoms with van der Waals surface area (Å²) in [5.74, 6) is 2.04. The maximum atomic E-state index is 5.97. The summed E-state index contributed by atoms with van der Waals surface area (Å²) in [5.41, 5.74) is 5.94. The van der Waals surface area contributed by atoms with Crippen molar-refractivity contribution in [1.29, 1.82) is 0 Å². The third-order valence-electron chi connectivity index (χ3n) is 6.47. The van der Waals surface area contributed by atoms with E-state index in [1.54, 1.807) is 0 Å². The van der Waals surface area contributed by atoms with E-state index in [0.29, 0.717) is 6.61 Å². The van der Waals surface area contributed by atoms with Crippen molar-refractivity contribution >= 4 is 0 Å². The molecule has 0 unspecified atom stereocenters. The van der Waals surface area contributed by atoms with Crippen molar-refractivity contribution in [2.24, 2.45) is 0 Å². The fourth-order valence-corrected chi connectivity index (χ4v) is 4.73. The van der Waals surface area contributed by atoms with E-state index >= 15 is 0 Å². The molecule has 4 aromatic rings. The van der Waals surface area contributed by atoms with E-state index in [0.717, 1.165) is 61.9 Å². The molecule has 4 rings (SSSR count). The van der Waals surface area contributed by atoms with Crippen LogP contribution in [0.3, 0.4) is 0 Å². The Morgan fingerprint density at radius 3 is 2.08 bits per heavy atom. The quantitative estimate of drug-likeness (QED) is 0.195. The maximum Gasteiger partial charge on any atom is 0.140 e. The zero-order chi connectivity index (χ0) is 25.2. The first-order chi connectivity index (χ1) is 17.7. The molecule has 0 aliphatic heterocycles. The largest absolute Gasteiger partial charge is 0.494 e. The second-order valence-electron chi connectivity index (χ2n) is 9.22. The Bertz CT molecular complexity index is 1200. The maximum absolute atomic E-state index is 5.97. The lowest BCUT2D eigenvalue weighted by molar-refractivity contribution is 0.240. The summed E-state index contributed by atoms with van der Waals surface area (Å²) in [5, 5.41) is 0. The van der Waals surface area contributed by atoms with Gasteiger partial charge in [-0.1, -0.05) is 99.1 Å². The van der Waals surface area contributed by atoms with Gasteiger partial charge in [0.2, 0.25) is 0 Å². The van der Waals surface area contributed by atoms with Crippen LogP contribution < -0.4 is 4.74 Å². The van der Waals surface area contributed by atoms with Crippen molar-refractivity contribution in [1.82, 2.24) is 14.5 Å². The summed E-state index contributed by atoms with van der Waals surface area (Å²) >= 11 is 0. The van der Waals surface area contributed by atoms with E-state index in [1.165, 1.54) is 23.2 Å². The molecule has 0 aliphatic rings. The minimum Gasteiger partial charge on any atom is -0.494 e. The molecule has 0 atom stereocenters. The number of hydrogen-bond acceptors (Lipinski definition) is 3. The first-order valence-electron chi connectivity index (χ1n) is 13.4. The first kappa shape index (κ1) is 25.7. The first-order valence-corrected chi connectivity index (χ1v) is 13.4. The molecule has 0 radical (unpaired) electrons. The number of para-hydroxylation sites is 1. The minimum atomic E-state index is 0.674. The van der Waals surface area contributed by atoms with Gasteiger partial charge in [0.15, 0.2) is 0 Å². The molecule has 1 aromatic heterocycles. The highest BCUT2D eigenvalue weighted by Gasteiger charge is 2.22. The number of rotatable bonds is 13. The fraction of sp³-hybridized carbons (Fsp3) is 0.344. The van der Waals surface area contributed by atoms with Crippen LogP contribution in [0.25, 0.3) is 22.6 Å². The van der Waals surface area contributed by atoms with Gasteiger partial charge in [-0.2, -0.15) is 0 Å². The molecular formula is C32H39N3O. The second-order valence-corrected chi connectivity index (χ2v) is 9.22. The van der Waals surface area contributed by atoms with Crippen molar-refractivity contribution < 1.29 is 4.74 Å². The number of hydrogen-bond donors (Lipinski definition) is 0. The van der Waals surface area contributed by atoms with E-state index in [4.69, 9.17) is 9.72 Å². The molecule has 0 aliphatic carbocycles. The number of imidazole rings is 1. The Hall–Kier alpha value is -3.37. The van der Waals surface area contributed by atoms with Crippen molar-refractivity contribution in [3.05, 3.63) is 96.2 Å². The second kappa shape index (κ2) is 13.1.